The molecule has 0 heterocycles. The highest BCUT2D eigenvalue weighted by Crippen LogP contribution is 2.11. The minimum atomic E-state index is 0. The van der Waals surface area contributed by atoms with E-state index in [0.717, 1.165) is 12.0 Å². The third-order valence-electron chi connectivity index (χ3n) is 1.65. The van der Waals surface area contributed by atoms with Gasteiger partial charge in [0.05, 0.1) is 5.04 Å². The van der Waals surface area contributed by atoms with E-state index in [1.54, 1.807) is 0 Å². The standard InChI is InChI=1S/C9H11NS.2ClH/c1-2-7-5-3-4-6-8(7)9(10)11;;/h3-6H,2H2,1H3,(H2,10,11);2*1H. The molecule has 1 aromatic carbocycles. The van der Waals surface area contributed by atoms with Crippen molar-refractivity contribution in [3.63, 3.8) is 0 Å². The van der Waals surface area contributed by atoms with Crippen LogP contribution in [0.4, 0.5) is 0 Å². The van der Waals surface area contributed by atoms with Crippen LogP contribution in [0.5, 0.6) is 0 Å². The fraction of sp³-hybridized carbons (Fsp3) is 0.222. The maximum Gasteiger partial charge on any atom is 0.0914 e. The summed E-state index contributed by atoms with van der Waals surface area (Å²) < 4.78 is 0. The van der Waals surface area contributed by atoms with Crippen molar-refractivity contribution in [2.75, 3.05) is 0 Å². The highest BCUT2D eigenvalue weighted by atomic mass is 35.5. The molecule has 0 saturated carbocycles. The van der Waals surface area contributed by atoms with Crippen molar-refractivity contribution in [1.29, 1.82) is 5.41 Å². The molecule has 1 nitrogen and oxygen atoms in total. The molecule has 0 aliphatic rings. The second-order valence-electron chi connectivity index (χ2n) is 2.36. The van der Waals surface area contributed by atoms with Crippen molar-refractivity contribution >= 4 is 42.5 Å². The molecule has 0 bridgehead atoms. The van der Waals surface area contributed by atoms with Gasteiger partial charge in [-0.2, -0.15) is 0 Å². The summed E-state index contributed by atoms with van der Waals surface area (Å²) >= 11 is 3.99. The smallest absolute Gasteiger partial charge is 0.0914 e. The maximum atomic E-state index is 7.34. The van der Waals surface area contributed by atoms with Crippen LogP contribution in [0.15, 0.2) is 24.3 Å². The Bertz CT molecular complexity index is 276. The van der Waals surface area contributed by atoms with Crippen molar-refractivity contribution in [1.82, 2.24) is 0 Å². The number of aryl methyl sites for hydroxylation is 1. The van der Waals surface area contributed by atoms with E-state index >= 15 is 0 Å². The van der Waals surface area contributed by atoms with Gasteiger partial charge in [-0.15, -0.1) is 37.4 Å². The number of rotatable bonds is 2. The lowest BCUT2D eigenvalue weighted by Crippen LogP contribution is -1.94. The monoisotopic (exact) mass is 237 g/mol. The Balaban J connectivity index is 0. The molecule has 0 aromatic heterocycles. The summed E-state index contributed by atoms with van der Waals surface area (Å²) in [6.07, 6.45) is 0.957. The third kappa shape index (κ3) is 4.03. The van der Waals surface area contributed by atoms with Gasteiger partial charge in [-0.1, -0.05) is 31.2 Å². The first-order valence-electron chi connectivity index (χ1n) is 3.61. The van der Waals surface area contributed by atoms with Crippen molar-refractivity contribution in [3.05, 3.63) is 35.4 Å². The van der Waals surface area contributed by atoms with Crippen LogP contribution in [0.25, 0.3) is 0 Å². The van der Waals surface area contributed by atoms with Crippen LogP contribution in [-0.2, 0) is 6.42 Å². The summed E-state index contributed by atoms with van der Waals surface area (Å²) in [7, 11) is 0. The zero-order valence-electron chi connectivity index (χ0n) is 7.28. The molecule has 0 amide bonds. The van der Waals surface area contributed by atoms with E-state index in [4.69, 9.17) is 5.41 Å². The minimum absolute atomic E-state index is 0. The Labute approximate surface area is 96.7 Å². The van der Waals surface area contributed by atoms with E-state index in [0.29, 0.717) is 5.04 Å². The Morgan fingerprint density at radius 1 is 1.31 bits per heavy atom. The van der Waals surface area contributed by atoms with Crippen molar-refractivity contribution in [3.8, 4) is 0 Å². The van der Waals surface area contributed by atoms with Crippen LogP contribution in [0.1, 0.15) is 18.1 Å². The molecule has 0 radical (unpaired) electrons. The van der Waals surface area contributed by atoms with E-state index in [9.17, 15) is 0 Å². The number of thiol groups is 1. The summed E-state index contributed by atoms with van der Waals surface area (Å²) in [5, 5.41) is 7.69. The van der Waals surface area contributed by atoms with Gasteiger partial charge in [0.2, 0.25) is 0 Å². The number of hydrogen-bond donors (Lipinski definition) is 2. The second kappa shape index (κ2) is 7.25. The van der Waals surface area contributed by atoms with Crippen LogP contribution in [0, 0.1) is 5.41 Å². The van der Waals surface area contributed by atoms with Crippen LogP contribution in [0.3, 0.4) is 0 Å². The van der Waals surface area contributed by atoms with Crippen LogP contribution in [0.2, 0.25) is 0 Å². The lowest BCUT2D eigenvalue weighted by molar-refractivity contribution is 1.13. The first kappa shape index (κ1) is 15.3. The van der Waals surface area contributed by atoms with Gasteiger partial charge in [-0.3, -0.25) is 5.41 Å². The van der Waals surface area contributed by atoms with E-state index in [2.05, 4.69) is 19.6 Å². The Hall–Kier alpha value is -0.180. The molecule has 0 saturated heterocycles. The molecule has 0 aliphatic heterocycles. The summed E-state index contributed by atoms with van der Waals surface area (Å²) in [5.74, 6) is 0. The molecule has 4 heteroatoms. The van der Waals surface area contributed by atoms with Crippen LogP contribution in [-0.4, -0.2) is 5.04 Å². The van der Waals surface area contributed by atoms with E-state index in [1.807, 2.05) is 24.3 Å². The zero-order valence-corrected chi connectivity index (χ0v) is 9.81. The molecule has 0 unspecified atom stereocenters. The van der Waals surface area contributed by atoms with Gasteiger partial charge in [-0.05, 0) is 12.0 Å². The second-order valence-corrected chi connectivity index (χ2v) is 2.81. The average molecular weight is 238 g/mol. The molecule has 1 rings (SSSR count). The Kier molecular flexibility index (Phi) is 8.53. The van der Waals surface area contributed by atoms with Crippen LogP contribution < -0.4 is 0 Å². The van der Waals surface area contributed by atoms with E-state index in [1.165, 1.54) is 5.56 Å². The average Bonchev–Trinajstić information content (AvgIpc) is 2.04. The largest absolute Gasteiger partial charge is 0.294 e. The number of halogens is 2. The highest BCUT2D eigenvalue weighted by Gasteiger charge is 2.00. The topological polar surface area (TPSA) is 23.9 Å². The summed E-state index contributed by atoms with van der Waals surface area (Å²) in [4.78, 5) is 0. The fourth-order valence-corrected chi connectivity index (χ4v) is 1.28. The first-order valence-corrected chi connectivity index (χ1v) is 4.06. The van der Waals surface area contributed by atoms with Gasteiger partial charge in [0.15, 0.2) is 0 Å². The minimum Gasteiger partial charge on any atom is -0.294 e. The fourth-order valence-electron chi connectivity index (χ4n) is 1.06. The molecule has 74 valence electrons. The SMILES string of the molecule is CCc1ccccc1C(=N)S.Cl.Cl. The van der Waals surface area contributed by atoms with Gasteiger partial charge in [-0.25, -0.2) is 0 Å². The van der Waals surface area contributed by atoms with Crippen molar-refractivity contribution in [2.24, 2.45) is 0 Å². The van der Waals surface area contributed by atoms with Gasteiger partial charge in [0, 0.05) is 5.56 Å². The van der Waals surface area contributed by atoms with Crippen molar-refractivity contribution < 1.29 is 0 Å². The number of hydrogen-bond acceptors (Lipinski definition) is 1. The molecule has 1 aromatic rings. The molecular weight excluding hydrogens is 225 g/mol. The summed E-state index contributed by atoms with van der Waals surface area (Å²) in [5.41, 5.74) is 2.13. The molecule has 0 fully saturated rings. The lowest BCUT2D eigenvalue weighted by atomic mass is 10.1. The normalized spacial score (nSPS) is 8.15. The predicted molar refractivity (Wildman–Crippen MR) is 66.1 cm³/mol. The Morgan fingerprint density at radius 2 is 1.85 bits per heavy atom. The molecule has 13 heavy (non-hydrogen) atoms. The van der Waals surface area contributed by atoms with Gasteiger partial charge < -0.3 is 0 Å². The van der Waals surface area contributed by atoms with Gasteiger partial charge in [0.25, 0.3) is 0 Å². The van der Waals surface area contributed by atoms with Crippen molar-refractivity contribution in [2.45, 2.75) is 13.3 Å². The highest BCUT2D eigenvalue weighted by molar-refractivity contribution is 7.97. The summed E-state index contributed by atoms with van der Waals surface area (Å²) in [6, 6.07) is 7.87. The third-order valence-corrected chi connectivity index (χ3v) is 1.89. The molecule has 0 aliphatic carbocycles. The maximum absolute atomic E-state index is 7.34. The lowest BCUT2D eigenvalue weighted by Gasteiger charge is -2.03. The van der Waals surface area contributed by atoms with Gasteiger partial charge in [0.1, 0.15) is 0 Å². The molecular formula is C9H13Cl2NS. The summed E-state index contributed by atoms with van der Waals surface area (Å²) in [6.45, 7) is 2.08. The van der Waals surface area contributed by atoms with E-state index < -0.39 is 0 Å². The quantitative estimate of drug-likeness (QED) is 0.448. The predicted octanol–water partition coefficient (Wildman–Crippen LogP) is 3.35. The molecule has 0 spiro atoms. The van der Waals surface area contributed by atoms with Crippen LogP contribution >= 0.6 is 37.4 Å². The zero-order chi connectivity index (χ0) is 8.27. The number of nitrogens with one attached hydrogen (secondary N) is 1. The first-order chi connectivity index (χ1) is 5.25. The Morgan fingerprint density at radius 3 is 2.23 bits per heavy atom. The number of benzene rings is 1. The van der Waals surface area contributed by atoms with Gasteiger partial charge >= 0.3 is 0 Å². The van der Waals surface area contributed by atoms with E-state index in [-0.39, 0.29) is 24.8 Å². The molecule has 0 atom stereocenters. The molecule has 1 N–H and O–H groups in total.